The molecule has 0 bridgehead atoms. The molecule has 4 aromatic carbocycles. The molecule has 0 aromatic heterocycles. The van der Waals surface area contributed by atoms with Gasteiger partial charge in [-0.2, -0.15) is 0 Å². The number of benzene rings is 4. The molecular weight excluding hydrogens is 557 g/mol. The molecule has 218 valence electrons. The molecule has 0 aliphatic carbocycles. The molecule has 0 spiro atoms. The zero-order valence-corrected chi connectivity index (χ0v) is 24.1. The van der Waals surface area contributed by atoms with Gasteiger partial charge in [-0.15, -0.1) is 0 Å². The number of anilines is 1. The lowest BCUT2D eigenvalue weighted by Gasteiger charge is -2.33. The number of likely N-dealkylation sites (N-methyl/N-ethyl adjacent to an activating group) is 1. The normalized spacial score (nSPS) is 11.8. The van der Waals surface area contributed by atoms with Crippen LogP contribution in [-0.2, 0) is 32.6 Å². The summed E-state index contributed by atoms with van der Waals surface area (Å²) in [6.07, 6.45) is 0.168. The van der Waals surface area contributed by atoms with Crippen molar-refractivity contribution in [1.82, 2.24) is 10.2 Å². The molecular formula is C32H32FN3O5S. The van der Waals surface area contributed by atoms with Crippen LogP contribution in [0.5, 0.6) is 5.75 Å². The summed E-state index contributed by atoms with van der Waals surface area (Å²) in [6, 6.07) is 28.1. The second-order valence-electron chi connectivity index (χ2n) is 9.47. The van der Waals surface area contributed by atoms with E-state index in [1.807, 2.05) is 30.3 Å². The molecule has 0 saturated carbocycles. The Morgan fingerprint density at radius 1 is 0.857 bits per heavy atom. The highest BCUT2D eigenvalue weighted by Gasteiger charge is 2.35. The first-order valence-electron chi connectivity index (χ1n) is 13.2. The van der Waals surface area contributed by atoms with E-state index < -0.39 is 40.2 Å². The number of carbonyl (C=O) groups is 2. The number of ether oxygens (including phenoxy) is 1. The van der Waals surface area contributed by atoms with Gasteiger partial charge in [0.05, 0.1) is 17.7 Å². The van der Waals surface area contributed by atoms with Crippen LogP contribution in [0.15, 0.2) is 114 Å². The highest BCUT2D eigenvalue weighted by molar-refractivity contribution is 7.92. The molecule has 0 heterocycles. The van der Waals surface area contributed by atoms with Crippen molar-refractivity contribution in [2.24, 2.45) is 0 Å². The minimum Gasteiger partial charge on any atom is -0.497 e. The largest absolute Gasteiger partial charge is 0.497 e. The van der Waals surface area contributed by atoms with Crippen molar-refractivity contribution in [3.05, 3.63) is 126 Å². The van der Waals surface area contributed by atoms with Crippen molar-refractivity contribution in [2.45, 2.75) is 23.9 Å². The van der Waals surface area contributed by atoms with E-state index in [9.17, 15) is 18.0 Å². The topological polar surface area (TPSA) is 96.0 Å². The maximum Gasteiger partial charge on any atom is 0.264 e. The fraction of sp³-hybridized carbons (Fsp3) is 0.188. The van der Waals surface area contributed by atoms with E-state index in [0.717, 1.165) is 15.9 Å². The van der Waals surface area contributed by atoms with Gasteiger partial charge in [0.1, 0.15) is 24.2 Å². The molecule has 0 fully saturated rings. The molecule has 42 heavy (non-hydrogen) atoms. The molecule has 0 radical (unpaired) electrons. The van der Waals surface area contributed by atoms with E-state index in [-0.39, 0.29) is 23.5 Å². The Hall–Kier alpha value is -4.70. The molecule has 0 aliphatic heterocycles. The fourth-order valence-corrected chi connectivity index (χ4v) is 6.02. The lowest BCUT2D eigenvalue weighted by atomic mass is 10.0. The second kappa shape index (κ2) is 13.8. The highest BCUT2D eigenvalue weighted by Crippen LogP contribution is 2.27. The summed E-state index contributed by atoms with van der Waals surface area (Å²) in [6.45, 7) is -0.776. The van der Waals surface area contributed by atoms with Crippen LogP contribution in [0.1, 0.15) is 11.1 Å². The Morgan fingerprint density at radius 3 is 2.12 bits per heavy atom. The van der Waals surface area contributed by atoms with E-state index in [1.165, 1.54) is 49.4 Å². The molecule has 0 saturated heterocycles. The number of halogens is 1. The van der Waals surface area contributed by atoms with E-state index in [2.05, 4.69) is 5.32 Å². The molecule has 2 amide bonds. The molecule has 4 rings (SSSR count). The minimum atomic E-state index is -4.37. The quantitative estimate of drug-likeness (QED) is 0.264. The zero-order valence-electron chi connectivity index (χ0n) is 23.3. The van der Waals surface area contributed by atoms with Gasteiger partial charge in [-0.05, 0) is 47.5 Å². The molecule has 1 atom stereocenters. The van der Waals surface area contributed by atoms with Crippen LogP contribution in [-0.4, -0.2) is 51.9 Å². The summed E-state index contributed by atoms with van der Waals surface area (Å²) in [7, 11) is -1.38. The average Bonchev–Trinajstić information content (AvgIpc) is 3.02. The smallest absolute Gasteiger partial charge is 0.264 e. The molecule has 1 N–H and O–H groups in total. The van der Waals surface area contributed by atoms with Crippen molar-refractivity contribution in [3.8, 4) is 5.75 Å². The number of carbonyl (C=O) groups excluding carboxylic acids is 2. The number of methoxy groups -OCH3 is 1. The van der Waals surface area contributed by atoms with E-state index >= 15 is 4.39 Å². The Kier molecular flexibility index (Phi) is 9.93. The zero-order chi connectivity index (χ0) is 30.1. The van der Waals surface area contributed by atoms with Crippen LogP contribution in [0.25, 0.3) is 0 Å². The lowest BCUT2D eigenvalue weighted by Crippen LogP contribution is -2.53. The Morgan fingerprint density at radius 2 is 1.48 bits per heavy atom. The first-order chi connectivity index (χ1) is 20.2. The van der Waals surface area contributed by atoms with Crippen molar-refractivity contribution in [1.29, 1.82) is 0 Å². The number of sulfonamides is 1. The van der Waals surface area contributed by atoms with Gasteiger partial charge < -0.3 is 15.0 Å². The molecule has 0 aliphatic rings. The first-order valence-corrected chi connectivity index (χ1v) is 14.7. The fourth-order valence-electron chi connectivity index (χ4n) is 4.58. The van der Waals surface area contributed by atoms with Crippen LogP contribution in [0.2, 0.25) is 0 Å². The number of amides is 2. The van der Waals surface area contributed by atoms with Gasteiger partial charge in [0.25, 0.3) is 10.0 Å². The lowest BCUT2D eigenvalue weighted by molar-refractivity contribution is -0.139. The van der Waals surface area contributed by atoms with E-state index in [0.29, 0.717) is 11.3 Å². The van der Waals surface area contributed by atoms with Gasteiger partial charge >= 0.3 is 0 Å². The Labute approximate surface area is 245 Å². The van der Waals surface area contributed by atoms with Crippen LogP contribution >= 0.6 is 0 Å². The number of para-hydroxylation sites is 1. The van der Waals surface area contributed by atoms with Crippen molar-refractivity contribution < 1.29 is 27.1 Å². The van der Waals surface area contributed by atoms with Crippen LogP contribution < -0.4 is 14.4 Å². The maximum absolute atomic E-state index is 15.1. The van der Waals surface area contributed by atoms with Gasteiger partial charge in [0, 0.05) is 20.0 Å². The first kappa shape index (κ1) is 30.3. The molecule has 10 heteroatoms. The van der Waals surface area contributed by atoms with Crippen molar-refractivity contribution >= 4 is 27.5 Å². The van der Waals surface area contributed by atoms with Gasteiger partial charge in [-0.1, -0.05) is 72.8 Å². The van der Waals surface area contributed by atoms with Gasteiger partial charge in [-0.25, -0.2) is 12.8 Å². The summed E-state index contributed by atoms with van der Waals surface area (Å²) >= 11 is 0. The Balaban J connectivity index is 1.80. The van der Waals surface area contributed by atoms with Gasteiger partial charge in [0.15, 0.2) is 0 Å². The van der Waals surface area contributed by atoms with Crippen LogP contribution in [0.4, 0.5) is 10.1 Å². The summed E-state index contributed by atoms with van der Waals surface area (Å²) in [4.78, 5) is 28.7. The van der Waals surface area contributed by atoms with E-state index in [4.69, 9.17) is 4.74 Å². The second-order valence-corrected chi connectivity index (χ2v) is 11.3. The standard InChI is InChI=1S/C32H32FN3O5S/c1-34-32(38)30(21-24-12-5-3-6-13-24)35(22-25-14-11-15-26(20-25)41-2)31(37)23-36(29-19-10-9-18-28(29)33)42(39,40)27-16-7-4-8-17-27/h3-20,30H,21-23H2,1-2H3,(H,34,38)/t30-/m1/s1. The van der Waals surface area contributed by atoms with Crippen molar-refractivity contribution in [3.63, 3.8) is 0 Å². The highest BCUT2D eigenvalue weighted by atomic mass is 32.2. The van der Waals surface area contributed by atoms with E-state index in [1.54, 1.807) is 42.5 Å². The third-order valence-corrected chi connectivity index (χ3v) is 8.51. The third kappa shape index (κ3) is 7.13. The summed E-state index contributed by atoms with van der Waals surface area (Å²) < 4.78 is 48.8. The SMILES string of the molecule is CNC(=O)[C@@H](Cc1ccccc1)N(Cc1cccc(OC)c1)C(=O)CN(c1ccccc1F)S(=O)(=O)c1ccccc1. The third-order valence-electron chi connectivity index (χ3n) is 6.74. The molecule has 4 aromatic rings. The number of hydrogen-bond donors (Lipinski definition) is 1. The predicted octanol–water partition coefficient (Wildman–Crippen LogP) is 4.42. The summed E-state index contributed by atoms with van der Waals surface area (Å²) in [5, 5.41) is 2.63. The van der Waals surface area contributed by atoms with Crippen LogP contribution in [0, 0.1) is 5.82 Å². The summed E-state index contributed by atoms with van der Waals surface area (Å²) in [5.41, 5.74) is 1.18. The number of hydrogen-bond acceptors (Lipinski definition) is 5. The number of rotatable bonds is 12. The predicted molar refractivity (Wildman–Crippen MR) is 159 cm³/mol. The summed E-state index contributed by atoms with van der Waals surface area (Å²) in [5.74, 6) is -1.38. The van der Waals surface area contributed by atoms with Crippen molar-refractivity contribution in [2.75, 3.05) is 25.0 Å². The molecule has 8 nitrogen and oxygen atoms in total. The Bertz CT molecular complexity index is 1620. The number of nitrogens with one attached hydrogen (secondary N) is 1. The molecule has 0 unspecified atom stereocenters. The van der Waals surface area contributed by atoms with Gasteiger partial charge in [-0.3, -0.25) is 13.9 Å². The minimum absolute atomic E-state index is 0.0303. The average molecular weight is 590 g/mol. The monoisotopic (exact) mass is 589 g/mol. The van der Waals surface area contributed by atoms with Gasteiger partial charge in [0.2, 0.25) is 11.8 Å². The maximum atomic E-state index is 15.1. The number of nitrogens with zero attached hydrogens (tertiary/aromatic N) is 2. The van der Waals surface area contributed by atoms with Crippen LogP contribution in [0.3, 0.4) is 0 Å².